The second-order valence-corrected chi connectivity index (χ2v) is 4.35. The van der Waals surface area contributed by atoms with Gasteiger partial charge in [-0.25, -0.2) is 0 Å². The molecule has 0 bridgehead atoms. The SMILES string of the molecule is CCCCCNC(=O)CCNCc1cccnc1. The highest BCUT2D eigenvalue weighted by atomic mass is 16.1. The number of pyridine rings is 1. The number of nitrogens with zero attached hydrogens (tertiary/aromatic N) is 1. The van der Waals surface area contributed by atoms with Crippen LogP contribution >= 0.6 is 0 Å². The molecular formula is C14H23N3O. The molecule has 0 unspecified atom stereocenters. The second kappa shape index (κ2) is 9.59. The summed E-state index contributed by atoms with van der Waals surface area (Å²) in [6.45, 7) is 4.42. The van der Waals surface area contributed by atoms with E-state index >= 15 is 0 Å². The molecule has 0 saturated heterocycles. The summed E-state index contributed by atoms with van der Waals surface area (Å²) in [5.41, 5.74) is 1.14. The molecule has 0 aromatic carbocycles. The monoisotopic (exact) mass is 249 g/mol. The summed E-state index contributed by atoms with van der Waals surface area (Å²) in [4.78, 5) is 15.5. The van der Waals surface area contributed by atoms with Gasteiger partial charge in [0.15, 0.2) is 0 Å². The van der Waals surface area contributed by atoms with Gasteiger partial charge in [0.05, 0.1) is 0 Å². The number of carbonyl (C=O) groups excluding carboxylic acids is 1. The molecule has 100 valence electrons. The smallest absolute Gasteiger partial charge is 0.221 e. The topological polar surface area (TPSA) is 54.0 Å². The lowest BCUT2D eigenvalue weighted by Crippen LogP contribution is -2.28. The molecule has 2 N–H and O–H groups in total. The Bertz CT molecular complexity index is 327. The van der Waals surface area contributed by atoms with Gasteiger partial charge in [-0.3, -0.25) is 9.78 Å². The van der Waals surface area contributed by atoms with Crippen molar-refractivity contribution in [3.05, 3.63) is 30.1 Å². The minimum Gasteiger partial charge on any atom is -0.356 e. The average Bonchev–Trinajstić information content (AvgIpc) is 2.41. The van der Waals surface area contributed by atoms with Gasteiger partial charge in [0.25, 0.3) is 0 Å². The van der Waals surface area contributed by atoms with E-state index in [1.807, 2.05) is 18.3 Å². The number of amides is 1. The van der Waals surface area contributed by atoms with Crippen LogP contribution in [-0.4, -0.2) is 24.0 Å². The summed E-state index contributed by atoms with van der Waals surface area (Å²) in [6.07, 6.45) is 7.56. The maximum absolute atomic E-state index is 11.5. The number of carbonyl (C=O) groups is 1. The molecule has 0 aliphatic heterocycles. The van der Waals surface area contributed by atoms with E-state index in [1.54, 1.807) is 6.20 Å². The van der Waals surface area contributed by atoms with Gasteiger partial charge in [-0.2, -0.15) is 0 Å². The molecule has 0 aliphatic rings. The Hall–Kier alpha value is -1.42. The minimum absolute atomic E-state index is 0.129. The maximum Gasteiger partial charge on any atom is 0.221 e. The zero-order valence-corrected chi connectivity index (χ0v) is 11.1. The van der Waals surface area contributed by atoms with Crippen LogP contribution in [0.25, 0.3) is 0 Å². The van der Waals surface area contributed by atoms with E-state index in [-0.39, 0.29) is 5.91 Å². The predicted octanol–water partition coefficient (Wildman–Crippen LogP) is 1.87. The van der Waals surface area contributed by atoms with E-state index in [4.69, 9.17) is 0 Å². The van der Waals surface area contributed by atoms with Crippen molar-refractivity contribution in [2.45, 2.75) is 39.2 Å². The van der Waals surface area contributed by atoms with Crippen LogP contribution in [0, 0.1) is 0 Å². The summed E-state index contributed by atoms with van der Waals surface area (Å²) >= 11 is 0. The molecule has 18 heavy (non-hydrogen) atoms. The Morgan fingerprint density at radius 1 is 1.33 bits per heavy atom. The highest BCUT2D eigenvalue weighted by molar-refractivity contribution is 5.75. The quantitative estimate of drug-likeness (QED) is 0.657. The lowest BCUT2D eigenvalue weighted by molar-refractivity contribution is -0.121. The fourth-order valence-corrected chi connectivity index (χ4v) is 1.63. The highest BCUT2D eigenvalue weighted by Crippen LogP contribution is 1.94. The zero-order valence-electron chi connectivity index (χ0n) is 11.1. The minimum atomic E-state index is 0.129. The summed E-state index contributed by atoms with van der Waals surface area (Å²) < 4.78 is 0. The summed E-state index contributed by atoms with van der Waals surface area (Å²) in [5.74, 6) is 0.129. The Kier molecular flexibility index (Phi) is 7.80. The molecule has 0 saturated carbocycles. The lowest BCUT2D eigenvalue weighted by atomic mass is 10.2. The number of hydrogen-bond donors (Lipinski definition) is 2. The second-order valence-electron chi connectivity index (χ2n) is 4.35. The van der Waals surface area contributed by atoms with Crippen molar-refractivity contribution in [2.24, 2.45) is 0 Å². The number of aromatic nitrogens is 1. The van der Waals surface area contributed by atoms with Crippen LogP contribution in [0.2, 0.25) is 0 Å². The van der Waals surface area contributed by atoms with Gasteiger partial charge < -0.3 is 10.6 Å². The predicted molar refractivity (Wildman–Crippen MR) is 73.1 cm³/mol. The van der Waals surface area contributed by atoms with Crippen LogP contribution in [0.5, 0.6) is 0 Å². The van der Waals surface area contributed by atoms with Crippen molar-refractivity contribution in [2.75, 3.05) is 13.1 Å². The van der Waals surface area contributed by atoms with Crippen molar-refractivity contribution in [3.63, 3.8) is 0 Å². The third kappa shape index (κ3) is 7.01. The van der Waals surface area contributed by atoms with Crippen molar-refractivity contribution < 1.29 is 4.79 Å². The fraction of sp³-hybridized carbons (Fsp3) is 0.571. The molecular weight excluding hydrogens is 226 g/mol. The van der Waals surface area contributed by atoms with Crippen LogP contribution < -0.4 is 10.6 Å². The number of hydrogen-bond acceptors (Lipinski definition) is 3. The Morgan fingerprint density at radius 3 is 2.94 bits per heavy atom. The molecule has 1 aromatic heterocycles. The van der Waals surface area contributed by atoms with Gasteiger partial charge in [-0.1, -0.05) is 25.8 Å². The molecule has 0 fully saturated rings. The van der Waals surface area contributed by atoms with Crippen molar-refractivity contribution in [3.8, 4) is 0 Å². The van der Waals surface area contributed by atoms with Gasteiger partial charge in [0.1, 0.15) is 0 Å². The van der Waals surface area contributed by atoms with E-state index in [1.165, 1.54) is 12.8 Å². The molecule has 4 nitrogen and oxygen atoms in total. The Labute approximate surface area is 109 Å². The third-order valence-corrected chi connectivity index (χ3v) is 2.68. The van der Waals surface area contributed by atoms with Gasteiger partial charge in [-0.05, 0) is 18.1 Å². The first-order chi connectivity index (χ1) is 8.83. The number of nitrogens with one attached hydrogen (secondary N) is 2. The van der Waals surface area contributed by atoms with Crippen molar-refractivity contribution in [1.82, 2.24) is 15.6 Å². The average molecular weight is 249 g/mol. The van der Waals surface area contributed by atoms with Crippen molar-refractivity contribution >= 4 is 5.91 Å². The van der Waals surface area contributed by atoms with Gasteiger partial charge in [0.2, 0.25) is 5.91 Å². The molecule has 1 amide bonds. The van der Waals surface area contributed by atoms with Crippen molar-refractivity contribution in [1.29, 1.82) is 0 Å². The van der Waals surface area contributed by atoms with Gasteiger partial charge in [0, 0.05) is 38.4 Å². The van der Waals surface area contributed by atoms with Crippen LogP contribution in [0.1, 0.15) is 38.2 Å². The van der Waals surface area contributed by atoms with E-state index in [9.17, 15) is 4.79 Å². The molecule has 1 rings (SSSR count). The Balaban J connectivity index is 1.99. The maximum atomic E-state index is 11.5. The van der Waals surface area contributed by atoms with Crippen LogP contribution in [-0.2, 0) is 11.3 Å². The lowest BCUT2D eigenvalue weighted by Gasteiger charge is -2.06. The first-order valence-electron chi connectivity index (χ1n) is 6.69. The molecule has 1 heterocycles. The number of unbranched alkanes of at least 4 members (excludes halogenated alkanes) is 2. The largest absolute Gasteiger partial charge is 0.356 e. The van der Waals surface area contributed by atoms with E-state index in [0.29, 0.717) is 13.0 Å². The highest BCUT2D eigenvalue weighted by Gasteiger charge is 1.99. The van der Waals surface area contributed by atoms with Gasteiger partial charge >= 0.3 is 0 Å². The number of rotatable bonds is 9. The summed E-state index contributed by atoms with van der Waals surface area (Å²) in [7, 11) is 0. The van der Waals surface area contributed by atoms with Crippen LogP contribution in [0.4, 0.5) is 0 Å². The van der Waals surface area contributed by atoms with E-state index in [0.717, 1.165) is 25.1 Å². The normalized spacial score (nSPS) is 10.3. The molecule has 0 radical (unpaired) electrons. The molecule has 0 atom stereocenters. The van der Waals surface area contributed by atoms with Gasteiger partial charge in [-0.15, -0.1) is 0 Å². The Morgan fingerprint density at radius 2 is 2.22 bits per heavy atom. The van der Waals surface area contributed by atoms with E-state index < -0.39 is 0 Å². The molecule has 0 spiro atoms. The third-order valence-electron chi connectivity index (χ3n) is 2.68. The van der Waals surface area contributed by atoms with Crippen LogP contribution in [0.15, 0.2) is 24.5 Å². The standard InChI is InChI=1S/C14H23N3O/c1-2-3-4-9-17-14(18)7-10-16-12-13-6-5-8-15-11-13/h5-6,8,11,16H,2-4,7,9-10,12H2,1H3,(H,17,18). The molecule has 1 aromatic rings. The first kappa shape index (κ1) is 14.6. The zero-order chi connectivity index (χ0) is 13.1. The molecule has 4 heteroatoms. The fourth-order valence-electron chi connectivity index (χ4n) is 1.63. The summed E-state index contributed by atoms with van der Waals surface area (Å²) in [6, 6.07) is 3.93. The van der Waals surface area contributed by atoms with E-state index in [2.05, 4.69) is 22.5 Å². The van der Waals surface area contributed by atoms with Crippen LogP contribution in [0.3, 0.4) is 0 Å². The summed E-state index contributed by atoms with van der Waals surface area (Å²) in [5, 5.41) is 6.16. The molecule has 0 aliphatic carbocycles. The first-order valence-corrected chi connectivity index (χ1v) is 6.69.